The van der Waals surface area contributed by atoms with Crippen molar-refractivity contribution in [3.05, 3.63) is 152 Å². The molecule has 3 aromatic heterocycles. The van der Waals surface area contributed by atoms with Crippen molar-refractivity contribution in [1.82, 2.24) is 15.0 Å². The number of fused-ring (bicyclic) bond motifs is 3. The summed E-state index contributed by atoms with van der Waals surface area (Å²) in [6, 6.07) is 50.9. The van der Waals surface area contributed by atoms with E-state index in [1.54, 1.807) is 11.3 Å². The van der Waals surface area contributed by atoms with E-state index in [1.165, 1.54) is 15.5 Å². The topological polar surface area (TPSA) is 38.7 Å². The minimum Gasteiger partial charge on any atom is -0.245 e. The molecule has 0 saturated heterocycles. The molecule has 3 heterocycles. The zero-order valence-electron chi connectivity index (χ0n) is 23.2. The van der Waals surface area contributed by atoms with Gasteiger partial charge in [-0.3, -0.25) is 0 Å². The highest BCUT2D eigenvalue weighted by atomic mass is 32.1. The van der Waals surface area contributed by atoms with Crippen LogP contribution in [0.5, 0.6) is 0 Å². The van der Waals surface area contributed by atoms with Gasteiger partial charge in [0.2, 0.25) is 0 Å². The summed E-state index contributed by atoms with van der Waals surface area (Å²) in [5, 5.41) is 2.43. The summed E-state index contributed by atoms with van der Waals surface area (Å²) < 4.78 is 1.24. The fourth-order valence-electron chi connectivity index (χ4n) is 5.60. The Hall–Kier alpha value is -5.45. The molecular weight excluding hydrogens is 543 g/mol. The number of rotatable bonds is 5. The highest BCUT2D eigenvalue weighted by Gasteiger charge is 2.14. The van der Waals surface area contributed by atoms with E-state index in [0.717, 1.165) is 55.2 Å². The molecule has 0 bridgehead atoms. The lowest BCUT2D eigenvalue weighted by atomic mass is 9.94. The highest BCUT2D eigenvalue weighted by molar-refractivity contribution is 7.25. The van der Waals surface area contributed by atoms with Crippen molar-refractivity contribution in [1.29, 1.82) is 0 Å². The summed E-state index contributed by atoms with van der Waals surface area (Å²) in [5.74, 6) is 0.710. The van der Waals surface area contributed by atoms with Gasteiger partial charge in [0.1, 0.15) is 4.83 Å². The second-order valence-electron chi connectivity index (χ2n) is 10.5. The van der Waals surface area contributed by atoms with Crippen LogP contribution in [-0.2, 0) is 0 Å². The van der Waals surface area contributed by atoms with Gasteiger partial charge in [0.25, 0.3) is 0 Å². The average molecular weight is 568 g/mol. The predicted octanol–water partition coefficient (Wildman–Crippen LogP) is 10.6. The minimum atomic E-state index is 0.710. The number of hydrogen-bond acceptors (Lipinski definition) is 4. The molecule has 0 radical (unpaired) electrons. The summed E-state index contributed by atoms with van der Waals surface area (Å²) in [5.41, 5.74) is 9.50. The largest absolute Gasteiger partial charge is 0.245 e. The van der Waals surface area contributed by atoms with Crippen molar-refractivity contribution in [3.63, 3.8) is 0 Å². The Morgan fingerprint density at radius 1 is 0.395 bits per heavy atom. The van der Waals surface area contributed by atoms with E-state index in [0.29, 0.717) is 5.82 Å². The van der Waals surface area contributed by atoms with Crippen molar-refractivity contribution < 1.29 is 0 Å². The molecule has 0 saturated carbocycles. The van der Waals surface area contributed by atoms with Gasteiger partial charge in [-0.15, -0.1) is 11.3 Å². The number of nitrogens with zero attached hydrogens (tertiary/aromatic N) is 3. The molecule has 0 aliphatic carbocycles. The van der Waals surface area contributed by atoms with E-state index < -0.39 is 0 Å². The normalized spacial score (nSPS) is 11.3. The van der Waals surface area contributed by atoms with Gasteiger partial charge in [-0.2, -0.15) is 0 Å². The lowest BCUT2D eigenvalue weighted by molar-refractivity contribution is 1.18. The van der Waals surface area contributed by atoms with Gasteiger partial charge in [0, 0.05) is 38.4 Å². The first kappa shape index (κ1) is 25.3. The van der Waals surface area contributed by atoms with Crippen LogP contribution in [0, 0.1) is 0 Å². The molecule has 0 N–H and O–H groups in total. The molecule has 202 valence electrons. The molecule has 8 aromatic rings. The third kappa shape index (κ3) is 4.88. The van der Waals surface area contributed by atoms with E-state index in [2.05, 4.69) is 108 Å². The Balaban J connectivity index is 1.35. The Morgan fingerprint density at radius 3 is 1.72 bits per heavy atom. The quantitative estimate of drug-likeness (QED) is 0.208. The molecule has 3 nitrogen and oxygen atoms in total. The standard InChI is InChI=1S/C39H25N3S/c1-4-11-26(12-5-1)30-21-31(29-18-19-37-34(24-29)33-17-10-20-40-39(33)43-37)23-32(22-30)36-25-35(27-13-6-2-7-14-27)41-38(42-36)28-15-8-3-9-16-28/h1-25H. The molecule has 0 fully saturated rings. The van der Waals surface area contributed by atoms with Gasteiger partial charge in [0.05, 0.1) is 11.4 Å². The number of thiophene rings is 1. The van der Waals surface area contributed by atoms with Gasteiger partial charge in [-0.05, 0) is 70.8 Å². The van der Waals surface area contributed by atoms with Crippen molar-refractivity contribution in [2.45, 2.75) is 0 Å². The molecule has 0 unspecified atom stereocenters. The zero-order valence-corrected chi connectivity index (χ0v) is 24.0. The molecular formula is C39H25N3S. The predicted molar refractivity (Wildman–Crippen MR) is 180 cm³/mol. The van der Waals surface area contributed by atoms with Gasteiger partial charge >= 0.3 is 0 Å². The maximum atomic E-state index is 5.13. The maximum absolute atomic E-state index is 5.13. The number of hydrogen-bond donors (Lipinski definition) is 0. The van der Waals surface area contributed by atoms with E-state index in [-0.39, 0.29) is 0 Å². The highest BCUT2D eigenvalue weighted by Crippen LogP contribution is 2.38. The summed E-state index contributed by atoms with van der Waals surface area (Å²) in [4.78, 5) is 15.8. The Morgan fingerprint density at radius 2 is 1.00 bits per heavy atom. The van der Waals surface area contributed by atoms with Crippen LogP contribution < -0.4 is 0 Å². The van der Waals surface area contributed by atoms with Crippen LogP contribution in [-0.4, -0.2) is 15.0 Å². The smallest absolute Gasteiger partial charge is 0.160 e. The van der Waals surface area contributed by atoms with Crippen molar-refractivity contribution >= 4 is 31.6 Å². The van der Waals surface area contributed by atoms with E-state index in [9.17, 15) is 0 Å². The lowest BCUT2D eigenvalue weighted by Crippen LogP contribution is -1.96. The molecule has 5 aromatic carbocycles. The second kappa shape index (κ2) is 10.8. The first-order valence-electron chi connectivity index (χ1n) is 14.3. The lowest BCUT2D eigenvalue weighted by Gasteiger charge is -2.13. The first-order chi connectivity index (χ1) is 21.3. The Kier molecular flexibility index (Phi) is 6.32. The summed E-state index contributed by atoms with van der Waals surface area (Å²) in [7, 11) is 0. The van der Waals surface area contributed by atoms with E-state index >= 15 is 0 Å². The van der Waals surface area contributed by atoms with Gasteiger partial charge in [-0.25, -0.2) is 15.0 Å². The van der Waals surface area contributed by atoms with Gasteiger partial charge < -0.3 is 0 Å². The van der Waals surface area contributed by atoms with Crippen LogP contribution in [0.2, 0.25) is 0 Å². The van der Waals surface area contributed by atoms with Gasteiger partial charge in [0.15, 0.2) is 5.82 Å². The van der Waals surface area contributed by atoms with Crippen LogP contribution in [0.1, 0.15) is 0 Å². The number of benzene rings is 5. The second-order valence-corrected chi connectivity index (χ2v) is 11.6. The third-order valence-electron chi connectivity index (χ3n) is 7.74. The number of aromatic nitrogens is 3. The average Bonchev–Trinajstić information content (AvgIpc) is 3.47. The molecule has 0 atom stereocenters. The summed E-state index contributed by atoms with van der Waals surface area (Å²) in [6.07, 6.45) is 1.86. The maximum Gasteiger partial charge on any atom is 0.160 e. The summed E-state index contributed by atoms with van der Waals surface area (Å²) >= 11 is 1.74. The number of pyridine rings is 1. The molecule has 43 heavy (non-hydrogen) atoms. The first-order valence-corrected chi connectivity index (χ1v) is 15.1. The monoisotopic (exact) mass is 567 g/mol. The third-order valence-corrected chi connectivity index (χ3v) is 8.84. The molecule has 4 heteroatoms. The minimum absolute atomic E-state index is 0.710. The fraction of sp³-hybridized carbons (Fsp3) is 0. The fourth-order valence-corrected chi connectivity index (χ4v) is 6.62. The molecule has 0 aliphatic heterocycles. The Labute approximate surface area is 253 Å². The van der Waals surface area contributed by atoms with Crippen molar-refractivity contribution in [2.24, 2.45) is 0 Å². The van der Waals surface area contributed by atoms with E-state index in [1.807, 2.05) is 48.7 Å². The Bertz CT molecular complexity index is 2170. The van der Waals surface area contributed by atoms with Gasteiger partial charge in [-0.1, -0.05) is 97.1 Å². The molecule has 0 amide bonds. The van der Waals surface area contributed by atoms with Crippen LogP contribution in [0.4, 0.5) is 0 Å². The van der Waals surface area contributed by atoms with Crippen LogP contribution in [0.3, 0.4) is 0 Å². The molecule has 8 rings (SSSR count). The molecule has 0 aliphatic rings. The van der Waals surface area contributed by atoms with E-state index in [4.69, 9.17) is 9.97 Å². The van der Waals surface area contributed by atoms with Crippen LogP contribution in [0.25, 0.3) is 76.5 Å². The van der Waals surface area contributed by atoms with Crippen molar-refractivity contribution in [2.75, 3.05) is 0 Å². The SMILES string of the molecule is c1ccc(-c2cc(-c3ccc4sc5ncccc5c4c3)cc(-c3cc(-c4ccccc4)nc(-c4ccccc4)n3)c2)cc1. The van der Waals surface area contributed by atoms with Crippen molar-refractivity contribution in [3.8, 4) is 56.2 Å². The van der Waals surface area contributed by atoms with Crippen LogP contribution >= 0.6 is 11.3 Å². The van der Waals surface area contributed by atoms with Crippen LogP contribution in [0.15, 0.2) is 152 Å². The summed E-state index contributed by atoms with van der Waals surface area (Å²) in [6.45, 7) is 0. The molecule has 0 spiro atoms. The zero-order chi connectivity index (χ0) is 28.6.